The smallest absolute Gasteiger partial charge is 0.0521 e. The second-order valence-corrected chi connectivity index (χ2v) is 2.47. The van der Waals surface area contributed by atoms with E-state index in [9.17, 15) is 0 Å². The van der Waals surface area contributed by atoms with Gasteiger partial charge in [0.15, 0.2) is 0 Å². The minimum atomic E-state index is 1.04. The van der Waals surface area contributed by atoms with Gasteiger partial charge in [-0.05, 0) is 18.4 Å². The van der Waals surface area contributed by atoms with Gasteiger partial charge in [-0.3, -0.25) is 4.68 Å². The van der Waals surface area contributed by atoms with Crippen LogP contribution in [0, 0.1) is 0 Å². The van der Waals surface area contributed by atoms with Crippen molar-refractivity contribution in [1.29, 1.82) is 0 Å². The Kier molecular flexibility index (Phi) is 6.44. The molecule has 0 aliphatic carbocycles. The van der Waals surface area contributed by atoms with E-state index in [1.165, 1.54) is 5.56 Å². The normalized spacial score (nSPS) is 9.00. The average Bonchev–Trinajstić information content (AvgIpc) is 2.57. The maximum absolute atomic E-state index is 4.19. The maximum atomic E-state index is 4.19. The van der Waals surface area contributed by atoms with E-state index < -0.39 is 0 Å². The molecule has 0 radical (unpaired) electrons. The van der Waals surface area contributed by atoms with Crippen molar-refractivity contribution in [2.24, 2.45) is 0 Å². The van der Waals surface area contributed by atoms with Crippen molar-refractivity contribution in [3.05, 3.63) is 18.0 Å². The van der Waals surface area contributed by atoms with Crippen LogP contribution >= 0.6 is 0 Å². The molecule has 1 aromatic heterocycles. The van der Waals surface area contributed by atoms with Crippen LogP contribution in [0.5, 0.6) is 0 Å². The molecule has 0 bridgehead atoms. The third-order valence-electron chi connectivity index (χ3n) is 1.55. The molecule has 0 spiro atoms. The standard InChI is InChI=1S/C8H14N2.C2H6/c1-3-5-10-7-8(4-2)6-9-10;1-2/h6-7H,3-5H2,1-2H3;1-2H3. The largest absolute Gasteiger partial charge is 0.272 e. The summed E-state index contributed by atoms with van der Waals surface area (Å²) in [7, 11) is 0. The van der Waals surface area contributed by atoms with E-state index >= 15 is 0 Å². The van der Waals surface area contributed by atoms with E-state index in [-0.39, 0.29) is 0 Å². The number of hydrogen-bond donors (Lipinski definition) is 0. The molecule has 0 aliphatic rings. The first-order valence-electron chi connectivity index (χ1n) is 4.88. The van der Waals surface area contributed by atoms with Crippen molar-refractivity contribution >= 4 is 0 Å². The van der Waals surface area contributed by atoms with Crippen molar-refractivity contribution in [2.75, 3.05) is 0 Å². The topological polar surface area (TPSA) is 17.8 Å². The Morgan fingerprint density at radius 3 is 2.42 bits per heavy atom. The van der Waals surface area contributed by atoms with Crippen molar-refractivity contribution in [1.82, 2.24) is 9.78 Å². The Balaban J connectivity index is 0.000000561. The van der Waals surface area contributed by atoms with Crippen molar-refractivity contribution in [3.63, 3.8) is 0 Å². The number of aryl methyl sites for hydroxylation is 2. The fourth-order valence-electron chi connectivity index (χ4n) is 0.940. The van der Waals surface area contributed by atoms with Crippen LogP contribution in [0.15, 0.2) is 12.4 Å². The van der Waals surface area contributed by atoms with Gasteiger partial charge >= 0.3 is 0 Å². The van der Waals surface area contributed by atoms with Gasteiger partial charge in [0.05, 0.1) is 6.20 Å². The summed E-state index contributed by atoms with van der Waals surface area (Å²) in [4.78, 5) is 0. The molecule has 0 aromatic carbocycles. The molecular weight excluding hydrogens is 148 g/mol. The molecule has 0 atom stereocenters. The summed E-state index contributed by atoms with van der Waals surface area (Å²) in [6, 6.07) is 0. The first-order chi connectivity index (χ1) is 5.86. The van der Waals surface area contributed by atoms with E-state index in [1.54, 1.807) is 0 Å². The molecule has 0 amide bonds. The minimum Gasteiger partial charge on any atom is -0.272 e. The lowest BCUT2D eigenvalue weighted by Crippen LogP contribution is -1.95. The summed E-state index contributed by atoms with van der Waals surface area (Å²) in [5.41, 5.74) is 1.33. The van der Waals surface area contributed by atoms with Gasteiger partial charge in [-0.15, -0.1) is 0 Å². The number of hydrogen-bond acceptors (Lipinski definition) is 1. The minimum absolute atomic E-state index is 1.04. The molecule has 0 saturated carbocycles. The first kappa shape index (κ1) is 11.2. The van der Waals surface area contributed by atoms with Gasteiger partial charge in [0, 0.05) is 12.7 Å². The summed E-state index contributed by atoms with van der Waals surface area (Å²) in [5, 5.41) is 4.19. The van der Waals surface area contributed by atoms with E-state index in [1.807, 2.05) is 24.7 Å². The number of aromatic nitrogens is 2. The maximum Gasteiger partial charge on any atom is 0.0521 e. The highest BCUT2D eigenvalue weighted by molar-refractivity contribution is 5.02. The van der Waals surface area contributed by atoms with E-state index in [0.717, 1.165) is 19.4 Å². The zero-order valence-electron chi connectivity index (χ0n) is 8.67. The average molecular weight is 168 g/mol. The van der Waals surface area contributed by atoms with Gasteiger partial charge in [-0.25, -0.2) is 0 Å². The highest BCUT2D eigenvalue weighted by Crippen LogP contribution is 1.98. The quantitative estimate of drug-likeness (QED) is 0.678. The van der Waals surface area contributed by atoms with Gasteiger partial charge < -0.3 is 0 Å². The third-order valence-corrected chi connectivity index (χ3v) is 1.55. The molecule has 1 heterocycles. The van der Waals surface area contributed by atoms with Crippen LogP contribution in [0.3, 0.4) is 0 Å². The van der Waals surface area contributed by atoms with E-state index in [0.29, 0.717) is 0 Å². The first-order valence-corrected chi connectivity index (χ1v) is 4.88. The van der Waals surface area contributed by atoms with Gasteiger partial charge in [0.25, 0.3) is 0 Å². The molecular formula is C10H20N2. The lowest BCUT2D eigenvalue weighted by molar-refractivity contribution is 0.602. The molecule has 0 fully saturated rings. The zero-order valence-corrected chi connectivity index (χ0v) is 8.67. The number of nitrogens with zero attached hydrogens (tertiary/aromatic N) is 2. The van der Waals surface area contributed by atoms with Crippen molar-refractivity contribution in [3.8, 4) is 0 Å². The molecule has 0 aliphatic heterocycles. The van der Waals surface area contributed by atoms with Crippen LogP contribution in [0.1, 0.15) is 39.7 Å². The summed E-state index contributed by atoms with van der Waals surface area (Å²) in [6.07, 6.45) is 6.30. The van der Waals surface area contributed by atoms with Crippen LogP contribution in [-0.2, 0) is 13.0 Å². The van der Waals surface area contributed by atoms with E-state index in [2.05, 4.69) is 25.1 Å². The van der Waals surface area contributed by atoms with Crippen LogP contribution in [0.2, 0.25) is 0 Å². The monoisotopic (exact) mass is 168 g/mol. The molecule has 2 nitrogen and oxygen atoms in total. The van der Waals surface area contributed by atoms with Crippen LogP contribution < -0.4 is 0 Å². The van der Waals surface area contributed by atoms with Gasteiger partial charge in [0.2, 0.25) is 0 Å². The molecule has 70 valence electrons. The molecule has 12 heavy (non-hydrogen) atoms. The Morgan fingerprint density at radius 2 is 2.00 bits per heavy atom. The highest BCUT2D eigenvalue weighted by Gasteiger charge is 1.92. The third kappa shape index (κ3) is 3.56. The van der Waals surface area contributed by atoms with Gasteiger partial charge in [0.1, 0.15) is 0 Å². The lowest BCUT2D eigenvalue weighted by atomic mass is 10.3. The summed E-state index contributed by atoms with van der Waals surface area (Å²) in [6.45, 7) is 9.35. The molecule has 1 aromatic rings. The fraction of sp³-hybridized carbons (Fsp3) is 0.700. The van der Waals surface area contributed by atoms with Crippen molar-refractivity contribution < 1.29 is 0 Å². The molecule has 0 N–H and O–H groups in total. The molecule has 1 rings (SSSR count). The summed E-state index contributed by atoms with van der Waals surface area (Å²) < 4.78 is 2.00. The zero-order chi connectivity index (χ0) is 9.40. The second kappa shape index (κ2) is 6.89. The van der Waals surface area contributed by atoms with Gasteiger partial charge in [-0.1, -0.05) is 27.7 Å². The highest BCUT2D eigenvalue weighted by atomic mass is 15.3. The Hall–Kier alpha value is -0.790. The summed E-state index contributed by atoms with van der Waals surface area (Å²) in [5.74, 6) is 0. The van der Waals surface area contributed by atoms with Crippen LogP contribution in [0.4, 0.5) is 0 Å². The van der Waals surface area contributed by atoms with Crippen LogP contribution in [0.25, 0.3) is 0 Å². The molecule has 0 unspecified atom stereocenters. The predicted molar refractivity (Wildman–Crippen MR) is 53.2 cm³/mol. The Bertz CT molecular complexity index is 191. The number of rotatable bonds is 3. The van der Waals surface area contributed by atoms with Crippen molar-refractivity contribution in [2.45, 2.75) is 47.1 Å². The second-order valence-electron chi connectivity index (χ2n) is 2.47. The SMILES string of the molecule is CC.CCCn1cc(CC)cn1. The lowest BCUT2D eigenvalue weighted by Gasteiger charge is -1.93. The molecule has 0 saturated heterocycles. The fourth-order valence-corrected chi connectivity index (χ4v) is 0.940. The predicted octanol–water partition coefficient (Wildman–Crippen LogP) is 2.88. The molecule has 2 heteroatoms. The summed E-state index contributed by atoms with van der Waals surface area (Å²) >= 11 is 0. The van der Waals surface area contributed by atoms with Gasteiger partial charge in [-0.2, -0.15) is 5.10 Å². The Labute approximate surface area is 75.6 Å². The van der Waals surface area contributed by atoms with E-state index in [4.69, 9.17) is 0 Å². The Morgan fingerprint density at radius 1 is 1.33 bits per heavy atom. The van der Waals surface area contributed by atoms with Crippen LogP contribution in [-0.4, -0.2) is 9.78 Å².